The first-order valence-corrected chi connectivity index (χ1v) is 7.99. The van der Waals surface area contributed by atoms with Crippen LogP contribution in [0.3, 0.4) is 0 Å². The van der Waals surface area contributed by atoms with Gasteiger partial charge in [-0.3, -0.25) is 9.89 Å². The topological polar surface area (TPSA) is 78.5 Å². The van der Waals surface area contributed by atoms with Crippen molar-refractivity contribution in [3.05, 3.63) is 17.5 Å². The van der Waals surface area contributed by atoms with Crippen molar-refractivity contribution in [1.29, 1.82) is 0 Å². The molecule has 2 aliphatic rings. The van der Waals surface area contributed by atoms with Gasteiger partial charge in [0.25, 0.3) is 5.91 Å². The Labute approximate surface area is 137 Å². The number of rotatable bonds is 3. The van der Waals surface area contributed by atoms with Crippen LogP contribution < -0.4 is 0 Å². The van der Waals surface area contributed by atoms with Gasteiger partial charge in [-0.25, -0.2) is 0 Å². The van der Waals surface area contributed by atoms with Gasteiger partial charge in [0.15, 0.2) is 5.69 Å². The highest BCUT2D eigenvalue weighted by Gasteiger charge is 2.56. The number of hydrogen-bond donors (Lipinski definition) is 2. The molecule has 2 N–H and O–H groups in total. The van der Waals surface area contributed by atoms with E-state index in [0.717, 1.165) is 6.07 Å². The molecule has 2 fully saturated rings. The number of piperidine rings is 1. The molecule has 1 amide bonds. The van der Waals surface area contributed by atoms with Crippen molar-refractivity contribution in [2.75, 3.05) is 19.7 Å². The number of nitrogens with zero attached hydrogens (tertiary/aromatic N) is 2. The van der Waals surface area contributed by atoms with Crippen molar-refractivity contribution in [2.24, 2.45) is 5.41 Å². The number of aliphatic hydroxyl groups is 1. The Hall–Kier alpha value is -1.61. The number of H-pyrrole nitrogens is 1. The van der Waals surface area contributed by atoms with Crippen molar-refractivity contribution in [1.82, 2.24) is 15.1 Å². The van der Waals surface area contributed by atoms with Crippen LogP contribution in [0.15, 0.2) is 6.07 Å². The number of hydrogen-bond acceptors (Lipinski definition) is 4. The fourth-order valence-electron chi connectivity index (χ4n) is 3.68. The maximum Gasteiger partial charge on any atom is 0.432 e. The van der Waals surface area contributed by atoms with Crippen molar-refractivity contribution < 1.29 is 27.8 Å². The number of aromatic nitrogens is 2. The van der Waals surface area contributed by atoms with Crippen LogP contribution in [0.1, 0.15) is 42.4 Å². The lowest BCUT2D eigenvalue weighted by molar-refractivity contribution is -0.207. The molecule has 0 unspecified atom stereocenters. The van der Waals surface area contributed by atoms with Gasteiger partial charge in [0.2, 0.25) is 0 Å². The summed E-state index contributed by atoms with van der Waals surface area (Å²) in [7, 11) is 0. The number of alkyl halides is 3. The standard InChI is InChI=1S/C15H20F3N3O3/c1-2-24-12-8-11(22)14(12)3-5-21(6-4-14)13(23)9-7-10(20-19-9)15(16,17)18/h7,11-12,22H,2-6,8H2,1H3,(H,19,20)/t11-,12+/m1/s1. The second-order valence-corrected chi connectivity index (χ2v) is 6.39. The van der Waals surface area contributed by atoms with Crippen LogP contribution in [-0.2, 0) is 10.9 Å². The summed E-state index contributed by atoms with van der Waals surface area (Å²) in [4.78, 5) is 13.8. The van der Waals surface area contributed by atoms with Crippen LogP contribution in [-0.4, -0.2) is 58.0 Å². The minimum absolute atomic E-state index is 0.0167. The Morgan fingerprint density at radius 2 is 2.17 bits per heavy atom. The van der Waals surface area contributed by atoms with E-state index in [1.807, 2.05) is 12.0 Å². The molecule has 2 atom stereocenters. The highest BCUT2D eigenvalue weighted by atomic mass is 19.4. The fraction of sp³-hybridized carbons (Fsp3) is 0.733. The number of ether oxygens (including phenoxy) is 1. The number of carbonyl (C=O) groups excluding carboxylic acids is 1. The molecule has 1 aliphatic heterocycles. The Morgan fingerprint density at radius 1 is 1.50 bits per heavy atom. The summed E-state index contributed by atoms with van der Waals surface area (Å²) in [6.45, 7) is 3.20. The molecular formula is C15H20F3N3O3. The number of halogens is 3. The molecule has 24 heavy (non-hydrogen) atoms. The lowest BCUT2D eigenvalue weighted by atomic mass is 9.58. The molecule has 2 heterocycles. The van der Waals surface area contributed by atoms with Gasteiger partial charge in [-0.1, -0.05) is 0 Å². The van der Waals surface area contributed by atoms with Crippen molar-refractivity contribution in [2.45, 2.75) is 44.6 Å². The van der Waals surface area contributed by atoms with E-state index in [4.69, 9.17) is 4.74 Å². The first kappa shape index (κ1) is 17.2. The van der Waals surface area contributed by atoms with Gasteiger partial charge in [0.1, 0.15) is 5.69 Å². The predicted octanol–water partition coefficient (Wildman–Crippen LogP) is 1.82. The van der Waals surface area contributed by atoms with E-state index in [1.54, 1.807) is 0 Å². The van der Waals surface area contributed by atoms with E-state index in [0.29, 0.717) is 39.0 Å². The summed E-state index contributed by atoms with van der Waals surface area (Å²) in [5.41, 5.74) is -1.62. The molecule has 1 spiro atoms. The Balaban J connectivity index is 1.64. The lowest BCUT2D eigenvalue weighted by Gasteiger charge is -2.56. The molecular weight excluding hydrogens is 327 g/mol. The van der Waals surface area contributed by atoms with Gasteiger partial charge < -0.3 is 14.7 Å². The van der Waals surface area contributed by atoms with E-state index in [9.17, 15) is 23.1 Å². The summed E-state index contributed by atoms with van der Waals surface area (Å²) >= 11 is 0. The van der Waals surface area contributed by atoms with Crippen molar-refractivity contribution >= 4 is 5.91 Å². The van der Waals surface area contributed by atoms with Crippen molar-refractivity contribution in [3.63, 3.8) is 0 Å². The second kappa shape index (κ2) is 6.03. The van der Waals surface area contributed by atoms with Crippen LogP contribution in [0.5, 0.6) is 0 Å². The number of likely N-dealkylation sites (tertiary alicyclic amines) is 1. The normalized spacial score (nSPS) is 26.5. The van der Waals surface area contributed by atoms with Gasteiger partial charge in [0, 0.05) is 37.6 Å². The van der Waals surface area contributed by atoms with Crippen LogP contribution >= 0.6 is 0 Å². The van der Waals surface area contributed by atoms with E-state index in [-0.39, 0.29) is 17.2 Å². The molecule has 0 bridgehead atoms. The summed E-state index contributed by atoms with van der Waals surface area (Å²) in [5, 5.41) is 15.5. The largest absolute Gasteiger partial charge is 0.432 e. The summed E-state index contributed by atoms with van der Waals surface area (Å²) in [5.74, 6) is -0.529. The van der Waals surface area contributed by atoms with Gasteiger partial charge in [-0.15, -0.1) is 0 Å². The molecule has 6 nitrogen and oxygen atoms in total. The third-order valence-corrected chi connectivity index (χ3v) is 5.19. The highest BCUT2D eigenvalue weighted by molar-refractivity contribution is 5.92. The van der Waals surface area contributed by atoms with Gasteiger partial charge in [-0.05, 0) is 19.8 Å². The SMILES string of the molecule is CCO[C@H]1C[C@@H](O)C12CCN(C(=O)c1cc(C(F)(F)F)[nH]n1)CC2. The third-order valence-electron chi connectivity index (χ3n) is 5.19. The molecule has 0 radical (unpaired) electrons. The summed E-state index contributed by atoms with van der Waals surface area (Å²) in [6, 6.07) is 0.730. The molecule has 134 valence electrons. The monoisotopic (exact) mass is 347 g/mol. The maximum atomic E-state index is 12.6. The van der Waals surface area contributed by atoms with Crippen LogP contribution in [0.2, 0.25) is 0 Å². The number of nitrogens with one attached hydrogen (secondary N) is 1. The average Bonchev–Trinajstić information content (AvgIpc) is 3.04. The maximum absolute atomic E-state index is 12.6. The fourth-order valence-corrected chi connectivity index (χ4v) is 3.68. The minimum atomic E-state index is -4.56. The lowest BCUT2D eigenvalue weighted by Crippen LogP contribution is -2.62. The molecule has 1 aromatic heterocycles. The van der Waals surface area contributed by atoms with E-state index in [1.165, 1.54) is 4.90 Å². The first-order valence-electron chi connectivity index (χ1n) is 7.99. The molecule has 1 saturated carbocycles. The Morgan fingerprint density at radius 3 is 2.67 bits per heavy atom. The minimum Gasteiger partial charge on any atom is -0.392 e. The number of aliphatic hydroxyl groups excluding tert-OH is 1. The molecule has 1 saturated heterocycles. The molecule has 0 aromatic carbocycles. The zero-order chi connectivity index (χ0) is 17.5. The molecule has 1 aliphatic carbocycles. The molecule has 1 aromatic rings. The van der Waals surface area contributed by atoms with E-state index >= 15 is 0 Å². The smallest absolute Gasteiger partial charge is 0.392 e. The van der Waals surface area contributed by atoms with Crippen molar-refractivity contribution in [3.8, 4) is 0 Å². The zero-order valence-corrected chi connectivity index (χ0v) is 13.3. The Bertz CT molecular complexity index is 607. The summed E-state index contributed by atoms with van der Waals surface area (Å²) < 4.78 is 43.4. The number of amides is 1. The quantitative estimate of drug-likeness (QED) is 0.874. The first-order chi connectivity index (χ1) is 11.3. The second-order valence-electron chi connectivity index (χ2n) is 6.39. The highest BCUT2D eigenvalue weighted by Crippen LogP contribution is 2.51. The summed E-state index contributed by atoms with van der Waals surface area (Å²) in [6.07, 6.45) is -3.29. The molecule has 9 heteroatoms. The van der Waals surface area contributed by atoms with Gasteiger partial charge >= 0.3 is 6.18 Å². The van der Waals surface area contributed by atoms with Crippen LogP contribution in [0.25, 0.3) is 0 Å². The van der Waals surface area contributed by atoms with E-state index in [2.05, 4.69) is 5.10 Å². The number of aromatic amines is 1. The third kappa shape index (κ3) is 2.79. The predicted molar refractivity (Wildman–Crippen MR) is 77.2 cm³/mol. The number of carbonyl (C=O) groups is 1. The van der Waals surface area contributed by atoms with Gasteiger partial charge in [0.05, 0.1) is 12.2 Å². The van der Waals surface area contributed by atoms with E-state index < -0.39 is 23.9 Å². The van der Waals surface area contributed by atoms with Gasteiger partial charge in [-0.2, -0.15) is 18.3 Å². The Kier molecular flexibility index (Phi) is 4.33. The average molecular weight is 347 g/mol. The molecule has 3 rings (SSSR count). The zero-order valence-electron chi connectivity index (χ0n) is 13.3. The van der Waals surface area contributed by atoms with Crippen LogP contribution in [0.4, 0.5) is 13.2 Å². The van der Waals surface area contributed by atoms with Crippen LogP contribution in [0, 0.1) is 5.41 Å².